The van der Waals surface area contributed by atoms with E-state index >= 15 is 0 Å². The van der Waals surface area contributed by atoms with Gasteiger partial charge in [0.25, 0.3) is 0 Å². The van der Waals surface area contributed by atoms with Crippen molar-refractivity contribution in [2.24, 2.45) is 0 Å². The predicted molar refractivity (Wildman–Crippen MR) is 79.6 cm³/mol. The Morgan fingerprint density at radius 3 is 2.48 bits per heavy atom. The summed E-state index contributed by atoms with van der Waals surface area (Å²) in [4.78, 5) is 0. The molecule has 6 heteroatoms. The van der Waals surface area contributed by atoms with E-state index in [1.54, 1.807) is 6.92 Å². The first kappa shape index (κ1) is 15.6. The van der Waals surface area contributed by atoms with Gasteiger partial charge in [-0.15, -0.1) is 0 Å². The van der Waals surface area contributed by atoms with E-state index in [1.165, 1.54) is 24.3 Å². The number of nitrogens with one attached hydrogen (secondary N) is 1. The van der Waals surface area contributed by atoms with Gasteiger partial charge in [0.05, 0.1) is 28.4 Å². The Morgan fingerprint density at radius 1 is 1.14 bits per heavy atom. The maximum Gasteiger partial charge on any atom is 0.147 e. The van der Waals surface area contributed by atoms with Crippen LogP contribution < -0.4 is 5.32 Å². The molecule has 0 aliphatic rings. The molecule has 2 aromatic carbocycles. The molecule has 0 saturated heterocycles. The zero-order valence-corrected chi connectivity index (χ0v) is 12.4. The zero-order chi connectivity index (χ0) is 15.6. The average Bonchev–Trinajstić information content (AvgIpc) is 2.45. The van der Waals surface area contributed by atoms with Gasteiger partial charge in [0.15, 0.2) is 0 Å². The van der Waals surface area contributed by atoms with Gasteiger partial charge in [-0.25, -0.2) is 8.78 Å². The van der Waals surface area contributed by atoms with E-state index in [9.17, 15) is 8.78 Å². The highest BCUT2D eigenvalue weighted by Crippen LogP contribution is 2.34. The van der Waals surface area contributed by atoms with Gasteiger partial charge in [0.2, 0.25) is 0 Å². The van der Waals surface area contributed by atoms with E-state index in [1.807, 2.05) is 6.07 Å². The quantitative estimate of drug-likeness (QED) is 0.775. The molecule has 21 heavy (non-hydrogen) atoms. The normalized spacial score (nSPS) is 11.8. The molecule has 0 saturated carbocycles. The van der Waals surface area contributed by atoms with Crippen LogP contribution in [0.5, 0.6) is 0 Å². The van der Waals surface area contributed by atoms with Gasteiger partial charge in [0.1, 0.15) is 11.6 Å². The summed E-state index contributed by atoms with van der Waals surface area (Å²) < 4.78 is 27.3. The summed E-state index contributed by atoms with van der Waals surface area (Å²) in [6.45, 7) is 1.68. The predicted octanol–water partition coefficient (Wildman–Crippen LogP) is 5.32. The molecule has 0 aromatic heterocycles. The molecule has 0 radical (unpaired) electrons. The third kappa shape index (κ3) is 3.26. The molecule has 2 nitrogen and oxygen atoms in total. The molecule has 0 heterocycles. The van der Waals surface area contributed by atoms with E-state index in [2.05, 4.69) is 5.32 Å². The lowest BCUT2D eigenvalue weighted by molar-refractivity contribution is 0.621. The second-order valence-electron chi connectivity index (χ2n) is 4.43. The lowest BCUT2D eigenvalue weighted by Crippen LogP contribution is -2.10. The van der Waals surface area contributed by atoms with Crippen molar-refractivity contribution in [3.63, 3.8) is 0 Å². The molecule has 1 unspecified atom stereocenters. The minimum absolute atomic E-state index is 0.100. The number of halogens is 4. The van der Waals surface area contributed by atoms with Crippen LogP contribution in [0.25, 0.3) is 0 Å². The molecule has 0 spiro atoms. The molecule has 0 aliphatic carbocycles. The molecule has 2 aromatic rings. The van der Waals surface area contributed by atoms with Crippen LogP contribution in [-0.4, -0.2) is 0 Å². The number of hydrogen-bond donors (Lipinski definition) is 1. The number of anilines is 1. The van der Waals surface area contributed by atoms with Gasteiger partial charge >= 0.3 is 0 Å². The number of nitriles is 1. The van der Waals surface area contributed by atoms with Crippen molar-refractivity contribution >= 4 is 28.9 Å². The van der Waals surface area contributed by atoms with Gasteiger partial charge in [0, 0.05) is 10.6 Å². The maximum atomic E-state index is 13.8. The molecule has 2 rings (SSSR count). The Balaban J connectivity index is 2.33. The third-order valence-electron chi connectivity index (χ3n) is 2.98. The van der Waals surface area contributed by atoms with Crippen LogP contribution in [0.3, 0.4) is 0 Å². The van der Waals surface area contributed by atoms with Crippen LogP contribution in [-0.2, 0) is 0 Å². The minimum Gasteiger partial charge on any atom is -0.376 e. The largest absolute Gasteiger partial charge is 0.376 e. The van der Waals surface area contributed by atoms with Crippen LogP contribution in [0.4, 0.5) is 14.5 Å². The minimum atomic E-state index is -0.593. The fourth-order valence-corrected chi connectivity index (χ4v) is 2.64. The third-order valence-corrected chi connectivity index (χ3v) is 3.70. The summed E-state index contributed by atoms with van der Waals surface area (Å²) >= 11 is 11.9. The number of hydrogen-bond acceptors (Lipinski definition) is 2. The van der Waals surface area contributed by atoms with E-state index in [4.69, 9.17) is 28.5 Å². The van der Waals surface area contributed by atoms with Crippen LogP contribution in [0, 0.1) is 23.0 Å². The Bertz CT molecular complexity index is 726. The van der Waals surface area contributed by atoms with Crippen molar-refractivity contribution in [3.8, 4) is 6.07 Å². The Labute approximate surface area is 130 Å². The van der Waals surface area contributed by atoms with Gasteiger partial charge in [-0.05, 0) is 37.3 Å². The van der Waals surface area contributed by atoms with Crippen molar-refractivity contribution in [1.82, 2.24) is 0 Å². The molecule has 0 fully saturated rings. The average molecular weight is 327 g/mol. The van der Waals surface area contributed by atoms with Crippen LogP contribution >= 0.6 is 23.2 Å². The monoisotopic (exact) mass is 326 g/mol. The number of nitrogens with zero attached hydrogens (tertiary/aromatic N) is 1. The molecule has 0 amide bonds. The zero-order valence-electron chi connectivity index (χ0n) is 10.9. The van der Waals surface area contributed by atoms with Crippen LogP contribution in [0.2, 0.25) is 10.0 Å². The smallest absolute Gasteiger partial charge is 0.147 e. The van der Waals surface area contributed by atoms with Crippen molar-refractivity contribution in [1.29, 1.82) is 5.26 Å². The fourth-order valence-electron chi connectivity index (χ4n) is 1.95. The topological polar surface area (TPSA) is 35.8 Å². The summed E-state index contributed by atoms with van der Waals surface area (Å²) in [5.41, 5.74) is 0.743. The van der Waals surface area contributed by atoms with Crippen LogP contribution in [0.1, 0.15) is 24.1 Å². The first-order valence-electron chi connectivity index (χ1n) is 6.03. The number of benzene rings is 2. The van der Waals surface area contributed by atoms with Crippen LogP contribution in [0.15, 0.2) is 30.3 Å². The first-order chi connectivity index (χ1) is 9.93. The Morgan fingerprint density at radius 2 is 1.86 bits per heavy atom. The molecule has 0 aliphatic heterocycles. The summed E-state index contributed by atoms with van der Waals surface area (Å²) in [5.74, 6) is -1.17. The molecule has 108 valence electrons. The van der Waals surface area contributed by atoms with Gasteiger partial charge in [-0.1, -0.05) is 23.2 Å². The summed E-state index contributed by atoms with van der Waals surface area (Å²) in [5, 5.41) is 11.8. The Hall–Kier alpha value is -1.83. The van der Waals surface area contributed by atoms with E-state index in [0.717, 1.165) is 6.07 Å². The summed E-state index contributed by atoms with van der Waals surface area (Å²) in [6, 6.07) is 7.93. The molecule has 1 N–H and O–H groups in total. The lowest BCUT2D eigenvalue weighted by Gasteiger charge is -2.19. The fraction of sp³-hybridized carbons (Fsp3) is 0.133. The van der Waals surface area contributed by atoms with Crippen molar-refractivity contribution in [3.05, 3.63) is 63.1 Å². The highest BCUT2D eigenvalue weighted by Gasteiger charge is 2.18. The SMILES string of the molecule is CC(Nc1ccc(C#N)cc1F)c1c(Cl)ccc(F)c1Cl. The highest BCUT2D eigenvalue weighted by molar-refractivity contribution is 6.36. The van der Waals surface area contributed by atoms with E-state index < -0.39 is 17.7 Å². The van der Waals surface area contributed by atoms with E-state index in [-0.39, 0.29) is 21.3 Å². The van der Waals surface area contributed by atoms with Crippen molar-refractivity contribution in [2.75, 3.05) is 5.32 Å². The van der Waals surface area contributed by atoms with Crippen molar-refractivity contribution < 1.29 is 8.78 Å². The standard InChI is InChI=1S/C15H10Cl2F2N2/c1-8(14-10(16)3-4-11(18)15(14)17)21-13-5-2-9(7-20)6-12(13)19/h2-6,8,21H,1H3. The number of rotatable bonds is 3. The maximum absolute atomic E-state index is 13.8. The van der Waals surface area contributed by atoms with Gasteiger partial charge < -0.3 is 5.32 Å². The molecular weight excluding hydrogens is 317 g/mol. The Kier molecular flexibility index (Phi) is 4.66. The van der Waals surface area contributed by atoms with Gasteiger partial charge in [-0.2, -0.15) is 5.26 Å². The lowest BCUT2D eigenvalue weighted by atomic mass is 10.1. The highest BCUT2D eigenvalue weighted by atomic mass is 35.5. The first-order valence-corrected chi connectivity index (χ1v) is 6.79. The second kappa shape index (κ2) is 6.30. The molecule has 0 bridgehead atoms. The van der Waals surface area contributed by atoms with Crippen molar-refractivity contribution in [2.45, 2.75) is 13.0 Å². The summed E-state index contributed by atoms with van der Waals surface area (Å²) in [7, 11) is 0. The second-order valence-corrected chi connectivity index (χ2v) is 5.21. The molecular formula is C15H10Cl2F2N2. The summed E-state index contributed by atoms with van der Waals surface area (Å²) in [6.07, 6.45) is 0. The van der Waals surface area contributed by atoms with Gasteiger partial charge in [-0.3, -0.25) is 0 Å². The molecule has 1 atom stereocenters. The van der Waals surface area contributed by atoms with E-state index in [0.29, 0.717) is 5.56 Å².